The van der Waals surface area contributed by atoms with E-state index in [0.29, 0.717) is 12.0 Å². The number of aryl methyl sites for hydroxylation is 1. The third kappa shape index (κ3) is 2.66. The largest absolute Gasteiger partial charge is 0.347 e. The maximum Gasteiger partial charge on any atom is 0.158 e. The number of aromatic nitrogens is 1. The van der Waals surface area contributed by atoms with Gasteiger partial charge in [0.05, 0.1) is 12.4 Å². The van der Waals surface area contributed by atoms with Crippen molar-refractivity contribution in [3.05, 3.63) is 47.7 Å². The molecule has 0 atom stereocenters. The lowest BCUT2D eigenvalue weighted by molar-refractivity contribution is 0.625. The minimum absolute atomic E-state index is 0.545. The fraction of sp³-hybridized carbons (Fsp3) is 0.476. The van der Waals surface area contributed by atoms with Crippen LogP contribution in [0.5, 0.6) is 0 Å². The predicted octanol–water partition coefficient (Wildman–Crippen LogP) is 5.37. The zero-order valence-electron chi connectivity index (χ0n) is 15.0. The molecule has 0 bridgehead atoms. The minimum atomic E-state index is 0.545. The molecule has 24 heavy (non-hydrogen) atoms. The Morgan fingerprint density at radius 3 is 2.62 bits per heavy atom. The van der Waals surface area contributed by atoms with E-state index in [1.165, 1.54) is 42.6 Å². The first-order chi connectivity index (χ1) is 11.6. The lowest BCUT2D eigenvalue weighted by Crippen LogP contribution is -2.35. The van der Waals surface area contributed by atoms with Crippen LogP contribution in [-0.4, -0.2) is 17.7 Å². The van der Waals surface area contributed by atoms with Gasteiger partial charge in [-0.15, -0.1) is 0 Å². The van der Waals surface area contributed by atoms with Crippen LogP contribution in [0.2, 0.25) is 0 Å². The SMILES string of the molecule is Cc1ccc2c(n1)N(c1cccc(C(C)C)c1)CN2C1CCCC1. The van der Waals surface area contributed by atoms with E-state index < -0.39 is 0 Å². The van der Waals surface area contributed by atoms with E-state index >= 15 is 0 Å². The fourth-order valence-corrected chi connectivity index (χ4v) is 4.04. The van der Waals surface area contributed by atoms with Crippen molar-refractivity contribution in [3.63, 3.8) is 0 Å². The van der Waals surface area contributed by atoms with Crippen molar-refractivity contribution in [2.24, 2.45) is 0 Å². The predicted molar refractivity (Wildman–Crippen MR) is 101 cm³/mol. The van der Waals surface area contributed by atoms with E-state index in [1.54, 1.807) is 0 Å². The van der Waals surface area contributed by atoms with Crippen LogP contribution in [-0.2, 0) is 0 Å². The van der Waals surface area contributed by atoms with Crippen LogP contribution in [0.4, 0.5) is 17.2 Å². The monoisotopic (exact) mass is 321 g/mol. The van der Waals surface area contributed by atoms with Gasteiger partial charge >= 0.3 is 0 Å². The average Bonchev–Trinajstić information content (AvgIpc) is 3.21. The van der Waals surface area contributed by atoms with Gasteiger partial charge in [0.2, 0.25) is 0 Å². The number of nitrogens with zero attached hydrogens (tertiary/aromatic N) is 3. The molecule has 1 fully saturated rings. The zero-order valence-corrected chi connectivity index (χ0v) is 15.0. The molecule has 2 heterocycles. The van der Waals surface area contributed by atoms with Crippen molar-refractivity contribution in [2.45, 2.75) is 58.4 Å². The summed E-state index contributed by atoms with van der Waals surface area (Å²) in [4.78, 5) is 9.87. The standard InChI is InChI=1S/C21H27N3/c1-15(2)17-7-6-10-19(13-17)24-14-23(18-8-4-5-9-18)20-12-11-16(3)22-21(20)24/h6-7,10-13,15,18H,4-5,8-9,14H2,1-3H3. The van der Waals surface area contributed by atoms with Crippen molar-refractivity contribution in [1.82, 2.24) is 4.98 Å². The third-order valence-corrected chi connectivity index (χ3v) is 5.47. The first kappa shape index (κ1) is 15.5. The quantitative estimate of drug-likeness (QED) is 0.757. The molecule has 126 valence electrons. The number of anilines is 3. The minimum Gasteiger partial charge on any atom is -0.347 e. The van der Waals surface area contributed by atoms with Gasteiger partial charge in [-0.25, -0.2) is 4.98 Å². The second kappa shape index (κ2) is 6.12. The maximum atomic E-state index is 4.89. The van der Waals surface area contributed by atoms with Crippen molar-refractivity contribution in [3.8, 4) is 0 Å². The van der Waals surface area contributed by atoms with Crippen LogP contribution >= 0.6 is 0 Å². The maximum absolute atomic E-state index is 4.89. The Hall–Kier alpha value is -2.03. The van der Waals surface area contributed by atoms with Gasteiger partial charge in [-0.3, -0.25) is 0 Å². The number of pyridine rings is 1. The Balaban J connectivity index is 1.74. The van der Waals surface area contributed by atoms with Gasteiger partial charge in [-0.2, -0.15) is 0 Å². The van der Waals surface area contributed by atoms with Crippen molar-refractivity contribution in [1.29, 1.82) is 0 Å². The average molecular weight is 321 g/mol. The van der Waals surface area contributed by atoms with E-state index in [4.69, 9.17) is 4.98 Å². The van der Waals surface area contributed by atoms with E-state index in [1.807, 2.05) is 0 Å². The highest BCUT2D eigenvalue weighted by molar-refractivity contribution is 5.80. The van der Waals surface area contributed by atoms with Crippen molar-refractivity contribution >= 4 is 17.2 Å². The lowest BCUT2D eigenvalue weighted by Gasteiger charge is -2.27. The topological polar surface area (TPSA) is 19.4 Å². The molecule has 1 aliphatic heterocycles. The fourth-order valence-electron chi connectivity index (χ4n) is 4.04. The molecule has 3 heteroatoms. The molecule has 1 aromatic heterocycles. The molecule has 0 spiro atoms. The molecule has 0 amide bonds. The first-order valence-electron chi connectivity index (χ1n) is 9.25. The van der Waals surface area contributed by atoms with Crippen molar-refractivity contribution < 1.29 is 0 Å². The summed E-state index contributed by atoms with van der Waals surface area (Å²) in [5.41, 5.74) is 5.05. The van der Waals surface area contributed by atoms with Crippen LogP contribution in [0.25, 0.3) is 0 Å². The van der Waals surface area contributed by atoms with Crippen LogP contribution < -0.4 is 9.80 Å². The highest BCUT2D eigenvalue weighted by Gasteiger charge is 2.34. The molecule has 1 aromatic carbocycles. The third-order valence-electron chi connectivity index (χ3n) is 5.47. The smallest absolute Gasteiger partial charge is 0.158 e. The summed E-state index contributed by atoms with van der Waals surface area (Å²) in [6.07, 6.45) is 5.34. The Kier molecular flexibility index (Phi) is 3.95. The Morgan fingerprint density at radius 2 is 1.88 bits per heavy atom. The van der Waals surface area contributed by atoms with Crippen LogP contribution in [0.1, 0.15) is 56.7 Å². The molecular formula is C21H27N3. The van der Waals surface area contributed by atoms with Gasteiger partial charge < -0.3 is 9.80 Å². The summed E-state index contributed by atoms with van der Waals surface area (Å²) in [7, 11) is 0. The van der Waals surface area contributed by atoms with Gasteiger partial charge in [-0.05, 0) is 55.5 Å². The van der Waals surface area contributed by atoms with E-state index in [2.05, 4.69) is 67.0 Å². The highest BCUT2D eigenvalue weighted by Crippen LogP contribution is 2.43. The molecule has 1 aliphatic carbocycles. The second-order valence-electron chi connectivity index (χ2n) is 7.52. The first-order valence-corrected chi connectivity index (χ1v) is 9.25. The lowest BCUT2D eigenvalue weighted by atomic mass is 10.0. The van der Waals surface area contributed by atoms with Gasteiger partial charge in [-0.1, -0.05) is 38.8 Å². The van der Waals surface area contributed by atoms with Crippen LogP contribution in [0, 0.1) is 6.92 Å². The Bertz CT molecular complexity index is 732. The molecule has 2 aliphatic rings. The second-order valence-corrected chi connectivity index (χ2v) is 7.52. The molecule has 2 aromatic rings. The molecule has 0 N–H and O–H groups in total. The molecule has 0 radical (unpaired) electrons. The number of benzene rings is 1. The summed E-state index contributed by atoms with van der Waals surface area (Å²) in [5.74, 6) is 1.67. The summed E-state index contributed by atoms with van der Waals surface area (Å²) >= 11 is 0. The molecule has 1 saturated carbocycles. The number of fused-ring (bicyclic) bond motifs is 1. The van der Waals surface area contributed by atoms with E-state index in [-0.39, 0.29) is 0 Å². The van der Waals surface area contributed by atoms with Gasteiger partial charge in [0.25, 0.3) is 0 Å². The number of rotatable bonds is 3. The highest BCUT2D eigenvalue weighted by atomic mass is 15.4. The molecular weight excluding hydrogens is 294 g/mol. The summed E-state index contributed by atoms with van der Waals surface area (Å²) in [6.45, 7) is 7.52. The molecule has 0 unspecified atom stereocenters. The summed E-state index contributed by atoms with van der Waals surface area (Å²) < 4.78 is 0. The van der Waals surface area contributed by atoms with Crippen LogP contribution in [0.15, 0.2) is 36.4 Å². The normalized spacial score (nSPS) is 17.8. The molecule has 0 saturated heterocycles. The van der Waals surface area contributed by atoms with Gasteiger partial charge in [0, 0.05) is 17.4 Å². The Morgan fingerprint density at radius 1 is 1.08 bits per heavy atom. The number of hydrogen-bond acceptors (Lipinski definition) is 3. The van der Waals surface area contributed by atoms with E-state index in [9.17, 15) is 0 Å². The number of hydrogen-bond donors (Lipinski definition) is 0. The van der Waals surface area contributed by atoms with E-state index in [0.717, 1.165) is 18.2 Å². The summed E-state index contributed by atoms with van der Waals surface area (Å²) in [6, 6.07) is 14.0. The van der Waals surface area contributed by atoms with Crippen molar-refractivity contribution in [2.75, 3.05) is 16.5 Å². The molecule has 4 rings (SSSR count). The van der Waals surface area contributed by atoms with Gasteiger partial charge in [0.1, 0.15) is 0 Å². The van der Waals surface area contributed by atoms with Gasteiger partial charge in [0.15, 0.2) is 5.82 Å². The molecule has 3 nitrogen and oxygen atoms in total. The Labute approximate surface area is 145 Å². The van der Waals surface area contributed by atoms with Crippen LogP contribution in [0.3, 0.4) is 0 Å². The zero-order chi connectivity index (χ0) is 16.7. The summed E-state index contributed by atoms with van der Waals surface area (Å²) in [5, 5.41) is 0.